The molecule has 2 aliphatic rings. The molecule has 5 heteroatoms. The van der Waals surface area contributed by atoms with Crippen molar-refractivity contribution in [3.63, 3.8) is 0 Å². The average molecular weight is 338 g/mol. The van der Waals surface area contributed by atoms with Gasteiger partial charge in [0.1, 0.15) is 5.82 Å². The monoisotopic (exact) mass is 338 g/mol. The molecule has 4 nitrogen and oxygen atoms in total. The second-order valence-electron chi connectivity index (χ2n) is 6.65. The molecule has 1 heterocycles. The SMILES string of the molecule is O=C(N[C@H]1C[C@H]1c1ccccc1)c1cc(N2CCCC2=O)ccc1F. The Balaban J connectivity index is 1.48. The number of carbonyl (C=O) groups is 2. The predicted octanol–water partition coefficient (Wildman–Crippen LogP) is 3.24. The molecule has 2 amide bonds. The summed E-state index contributed by atoms with van der Waals surface area (Å²) in [6.45, 7) is 0.615. The number of carbonyl (C=O) groups excluding carboxylic acids is 2. The largest absolute Gasteiger partial charge is 0.349 e. The Morgan fingerprint density at radius 2 is 1.96 bits per heavy atom. The lowest BCUT2D eigenvalue weighted by atomic mass is 10.1. The van der Waals surface area contributed by atoms with E-state index in [1.807, 2.05) is 30.3 Å². The Bertz CT molecular complexity index is 822. The molecule has 0 unspecified atom stereocenters. The Morgan fingerprint density at radius 1 is 1.16 bits per heavy atom. The number of hydrogen-bond acceptors (Lipinski definition) is 2. The Labute approximate surface area is 145 Å². The van der Waals surface area contributed by atoms with Crippen LogP contribution in [0.3, 0.4) is 0 Å². The van der Waals surface area contributed by atoms with Crippen molar-refractivity contribution in [1.82, 2.24) is 5.32 Å². The van der Waals surface area contributed by atoms with E-state index < -0.39 is 11.7 Å². The summed E-state index contributed by atoms with van der Waals surface area (Å²) in [7, 11) is 0. The summed E-state index contributed by atoms with van der Waals surface area (Å²) in [5.74, 6) is -0.680. The van der Waals surface area contributed by atoms with E-state index in [4.69, 9.17) is 0 Å². The van der Waals surface area contributed by atoms with Gasteiger partial charge in [-0.3, -0.25) is 9.59 Å². The van der Waals surface area contributed by atoms with E-state index in [9.17, 15) is 14.0 Å². The van der Waals surface area contributed by atoms with Gasteiger partial charge in [0.2, 0.25) is 5.91 Å². The van der Waals surface area contributed by atoms with Gasteiger partial charge in [0.15, 0.2) is 0 Å². The summed E-state index contributed by atoms with van der Waals surface area (Å²) < 4.78 is 14.1. The van der Waals surface area contributed by atoms with Crippen molar-refractivity contribution in [2.24, 2.45) is 0 Å². The molecule has 2 atom stereocenters. The van der Waals surface area contributed by atoms with Crippen molar-refractivity contribution >= 4 is 17.5 Å². The number of nitrogens with zero attached hydrogens (tertiary/aromatic N) is 1. The van der Waals surface area contributed by atoms with Gasteiger partial charge in [-0.1, -0.05) is 30.3 Å². The number of rotatable bonds is 4. The highest BCUT2D eigenvalue weighted by molar-refractivity contribution is 5.99. The standard InChI is InChI=1S/C20H19FN2O2/c21-17-9-8-14(23-10-4-7-19(23)24)11-16(17)20(25)22-18-12-15(18)13-5-2-1-3-6-13/h1-3,5-6,8-9,11,15,18H,4,7,10,12H2,(H,22,25)/t15-,18-/m0/s1. The van der Waals surface area contributed by atoms with Crippen LogP contribution >= 0.6 is 0 Å². The van der Waals surface area contributed by atoms with Gasteiger partial charge in [0.25, 0.3) is 5.91 Å². The molecule has 2 fully saturated rings. The number of anilines is 1. The molecule has 128 valence electrons. The summed E-state index contributed by atoms with van der Waals surface area (Å²) in [5.41, 5.74) is 1.77. The zero-order chi connectivity index (χ0) is 17.4. The predicted molar refractivity (Wildman–Crippen MR) is 93.0 cm³/mol. The van der Waals surface area contributed by atoms with Gasteiger partial charge < -0.3 is 10.2 Å². The molecule has 1 saturated heterocycles. The molecule has 1 aliphatic carbocycles. The fourth-order valence-corrected chi connectivity index (χ4v) is 3.45. The van der Waals surface area contributed by atoms with Crippen molar-refractivity contribution < 1.29 is 14.0 Å². The maximum absolute atomic E-state index is 14.1. The highest BCUT2D eigenvalue weighted by Gasteiger charge is 2.39. The lowest BCUT2D eigenvalue weighted by molar-refractivity contribution is -0.117. The normalized spacial score (nSPS) is 22.1. The topological polar surface area (TPSA) is 49.4 Å². The van der Waals surface area contributed by atoms with E-state index in [1.165, 1.54) is 17.7 Å². The van der Waals surface area contributed by atoms with E-state index in [-0.39, 0.29) is 23.4 Å². The molecule has 0 spiro atoms. The van der Waals surface area contributed by atoms with Crippen molar-refractivity contribution in [3.8, 4) is 0 Å². The minimum absolute atomic E-state index is 0.00379. The summed E-state index contributed by atoms with van der Waals surface area (Å²) in [6.07, 6.45) is 2.15. The van der Waals surface area contributed by atoms with Gasteiger partial charge in [-0.05, 0) is 36.6 Å². The quantitative estimate of drug-likeness (QED) is 0.930. The number of halogens is 1. The van der Waals surface area contributed by atoms with Gasteiger partial charge in [-0.25, -0.2) is 4.39 Å². The molecule has 0 bridgehead atoms. The molecule has 2 aromatic rings. The molecule has 1 saturated carbocycles. The molecule has 25 heavy (non-hydrogen) atoms. The first kappa shape index (κ1) is 15.8. The minimum Gasteiger partial charge on any atom is -0.349 e. The van der Waals surface area contributed by atoms with Gasteiger partial charge in [-0.15, -0.1) is 0 Å². The van der Waals surface area contributed by atoms with Crippen LogP contribution in [-0.4, -0.2) is 24.4 Å². The van der Waals surface area contributed by atoms with E-state index in [1.54, 1.807) is 11.0 Å². The Hall–Kier alpha value is -2.69. The maximum Gasteiger partial charge on any atom is 0.254 e. The lowest BCUT2D eigenvalue weighted by Gasteiger charge is -2.17. The number of amides is 2. The zero-order valence-electron chi connectivity index (χ0n) is 13.7. The zero-order valence-corrected chi connectivity index (χ0v) is 13.7. The summed E-state index contributed by atoms with van der Waals surface area (Å²) in [4.78, 5) is 26.0. The third-order valence-corrected chi connectivity index (χ3v) is 4.91. The number of benzene rings is 2. The van der Waals surface area contributed by atoms with Crippen LogP contribution in [0.25, 0.3) is 0 Å². The van der Waals surface area contributed by atoms with Crippen molar-refractivity contribution in [2.45, 2.75) is 31.2 Å². The molecule has 1 N–H and O–H groups in total. The molecular weight excluding hydrogens is 319 g/mol. The van der Waals surface area contributed by atoms with Gasteiger partial charge in [-0.2, -0.15) is 0 Å². The van der Waals surface area contributed by atoms with Crippen LogP contribution in [0.1, 0.15) is 41.1 Å². The van der Waals surface area contributed by atoms with Crippen LogP contribution in [0.2, 0.25) is 0 Å². The van der Waals surface area contributed by atoms with Crippen LogP contribution in [0, 0.1) is 5.82 Å². The first-order chi connectivity index (χ1) is 12.1. The van der Waals surface area contributed by atoms with Crippen LogP contribution in [0.5, 0.6) is 0 Å². The van der Waals surface area contributed by atoms with E-state index in [0.29, 0.717) is 18.7 Å². The van der Waals surface area contributed by atoms with E-state index >= 15 is 0 Å². The van der Waals surface area contributed by atoms with Crippen molar-refractivity contribution in [3.05, 3.63) is 65.5 Å². The third kappa shape index (κ3) is 3.14. The number of hydrogen-bond donors (Lipinski definition) is 1. The van der Waals surface area contributed by atoms with E-state index in [0.717, 1.165) is 12.8 Å². The smallest absolute Gasteiger partial charge is 0.254 e. The van der Waals surface area contributed by atoms with Crippen molar-refractivity contribution in [2.75, 3.05) is 11.4 Å². The summed E-state index contributed by atoms with van der Waals surface area (Å²) in [6, 6.07) is 14.3. The van der Waals surface area contributed by atoms with Gasteiger partial charge in [0, 0.05) is 30.6 Å². The Kier molecular flexibility index (Phi) is 3.99. The maximum atomic E-state index is 14.1. The van der Waals surface area contributed by atoms with Crippen LogP contribution in [-0.2, 0) is 4.79 Å². The average Bonchev–Trinajstić information content (AvgIpc) is 3.26. The highest BCUT2D eigenvalue weighted by atomic mass is 19.1. The minimum atomic E-state index is -0.565. The summed E-state index contributed by atoms with van der Waals surface area (Å²) >= 11 is 0. The molecule has 0 aromatic heterocycles. The van der Waals surface area contributed by atoms with Crippen LogP contribution in [0.15, 0.2) is 48.5 Å². The fourth-order valence-electron chi connectivity index (χ4n) is 3.45. The van der Waals surface area contributed by atoms with Crippen LogP contribution in [0.4, 0.5) is 10.1 Å². The second kappa shape index (κ2) is 6.31. The molecule has 4 rings (SSSR count). The Morgan fingerprint density at radius 3 is 2.68 bits per heavy atom. The third-order valence-electron chi connectivity index (χ3n) is 4.91. The second-order valence-corrected chi connectivity index (χ2v) is 6.65. The molecule has 2 aromatic carbocycles. The molecule has 0 radical (unpaired) electrons. The van der Waals surface area contributed by atoms with Crippen molar-refractivity contribution in [1.29, 1.82) is 0 Å². The summed E-state index contributed by atoms with van der Waals surface area (Å²) in [5, 5.41) is 2.91. The van der Waals surface area contributed by atoms with Gasteiger partial charge in [0.05, 0.1) is 5.56 Å². The molecular formula is C20H19FN2O2. The van der Waals surface area contributed by atoms with Crippen LogP contribution < -0.4 is 10.2 Å². The molecule has 1 aliphatic heterocycles. The van der Waals surface area contributed by atoms with Gasteiger partial charge >= 0.3 is 0 Å². The number of nitrogens with one attached hydrogen (secondary N) is 1. The fraction of sp³-hybridized carbons (Fsp3) is 0.300. The lowest BCUT2D eigenvalue weighted by Crippen LogP contribution is -2.28. The first-order valence-corrected chi connectivity index (χ1v) is 8.59. The van der Waals surface area contributed by atoms with E-state index in [2.05, 4.69) is 5.32 Å². The first-order valence-electron chi connectivity index (χ1n) is 8.59. The highest BCUT2D eigenvalue weighted by Crippen LogP contribution is 2.40.